The van der Waals surface area contributed by atoms with Gasteiger partial charge in [-0.15, -0.1) is 0 Å². The summed E-state index contributed by atoms with van der Waals surface area (Å²) in [5, 5.41) is 3.40. The Morgan fingerprint density at radius 3 is 2.34 bits per heavy atom. The fraction of sp³-hybridized carbons (Fsp3) is 0.130. The topological polar surface area (TPSA) is 58.6 Å². The lowest BCUT2D eigenvalue weighted by Crippen LogP contribution is -2.26. The average molecular weight is 409 g/mol. The van der Waals surface area contributed by atoms with Crippen molar-refractivity contribution in [1.82, 2.24) is 0 Å². The quantitative estimate of drug-likeness (QED) is 0.628. The van der Waals surface area contributed by atoms with E-state index in [0.29, 0.717) is 22.0 Å². The Kier molecular flexibility index (Phi) is 6.52. The molecule has 0 fully saturated rings. The molecule has 0 radical (unpaired) electrons. The number of benzene rings is 3. The van der Waals surface area contributed by atoms with E-state index in [4.69, 9.17) is 16.3 Å². The molecule has 6 heteroatoms. The molecular formula is C23H21ClN2O3. The lowest BCUT2D eigenvalue weighted by molar-refractivity contribution is -0.118. The minimum absolute atomic E-state index is 0.126. The highest BCUT2D eigenvalue weighted by Gasteiger charge is 2.13. The van der Waals surface area contributed by atoms with Crippen LogP contribution in [-0.2, 0) is 4.79 Å². The van der Waals surface area contributed by atoms with Gasteiger partial charge in [0.15, 0.2) is 6.61 Å². The molecule has 0 saturated heterocycles. The molecule has 148 valence electrons. The first-order chi connectivity index (χ1) is 13.9. The molecule has 2 amide bonds. The monoisotopic (exact) mass is 408 g/mol. The third-order valence-corrected chi connectivity index (χ3v) is 4.79. The first kappa shape index (κ1) is 20.4. The number of anilines is 2. The Balaban J connectivity index is 1.56. The van der Waals surface area contributed by atoms with Gasteiger partial charge in [0.05, 0.1) is 0 Å². The van der Waals surface area contributed by atoms with Crippen LogP contribution in [0.1, 0.15) is 15.9 Å². The van der Waals surface area contributed by atoms with Crippen molar-refractivity contribution in [3.05, 3.63) is 88.9 Å². The van der Waals surface area contributed by atoms with Gasteiger partial charge in [0, 0.05) is 29.0 Å². The van der Waals surface area contributed by atoms with Crippen molar-refractivity contribution in [3.63, 3.8) is 0 Å². The van der Waals surface area contributed by atoms with E-state index in [0.717, 1.165) is 11.3 Å². The average Bonchev–Trinajstić information content (AvgIpc) is 2.74. The molecule has 0 aliphatic heterocycles. The van der Waals surface area contributed by atoms with Crippen LogP contribution in [0, 0.1) is 6.92 Å². The summed E-state index contributed by atoms with van der Waals surface area (Å²) < 4.78 is 5.49. The highest BCUT2D eigenvalue weighted by atomic mass is 35.5. The minimum Gasteiger partial charge on any atom is -0.484 e. The molecule has 0 aliphatic carbocycles. The Hall–Kier alpha value is -3.31. The molecule has 0 atom stereocenters. The smallest absolute Gasteiger partial charge is 0.262 e. The number of carbonyl (C=O) groups excluding carboxylic acids is 2. The standard InChI is InChI=1S/C23H21ClN2O3/c1-16-14-20(12-13-21(16)24)29-15-22(27)25-18-10-8-17(9-11-18)23(28)26(2)19-6-4-3-5-7-19/h3-14H,15H2,1-2H3,(H,25,27). The van der Waals surface area contributed by atoms with Gasteiger partial charge in [-0.1, -0.05) is 29.8 Å². The van der Waals surface area contributed by atoms with Gasteiger partial charge in [-0.3, -0.25) is 9.59 Å². The highest BCUT2D eigenvalue weighted by molar-refractivity contribution is 6.31. The van der Waals surface area contributed by atoms with Gasteiger partial charge in [-0.25, -0.2) is 0 Å². The summed E-state index contributed by atoms with van der Waals surface area (Å²) in [7, 11) is 1.73. The molecule has 0 spiro atoms. The summed E-state index contributed by atoms with van der Waals surface area (Å²) >= 11 is 5.98. The summed E-state index contributed by atoms with van der Waals surface area (Å²) in [5.41, 5.74) is 2.81. The molecular weight excluding hydrogens is 388 g/mol. The number of nitrogens with zero attached hydrogens (tertiary/aromatic N) is 1. The van der Waals surface area contributed by atoms with Crippen LogP contribution >= 0.6 is 11.6 Å². The van der Waals surface area contributed by atoms with Crippen LogP contribution in [0.15, 0.2) is 72.8 Å². The summed E-state index contributed by atoms with van der Waals surface area (Å²) in [4.78, 5) is 26.3. The molecule has 0 bridgehead atoms. The molecule has 3 rings (SSSR count). The van der Waals surface area contributed by atoms with E-state index < -0.39 is 0 Å². The highest BCUT2D eigenvalue weighted by Crippen LogP contribution is 2.21. The van der Waals surface area contributed by atoms with Crippen molar-refractivity contribution in [1.29, 1.82) is 0 Å². The number of hydrogen-bond donors (Lipinski definition) is 1. The van der Waals surface area contributed by atoms with Crippen LogP contribution < -0.4 is 15.0 Å². The molecule has 1 N–H and O–H groups in total. The third-order valence-electron chi connectivity index (χ3n) is 4.36. The fourth-order valence-corrected chi connectivity index (χ4v) is 2.83. The number of aryl methyl sites for hydroxylation is 1. The van der Waals surface area contributed by atoms with E-state index in [1.165, 1.54) is 0 Å². The Labute approximate surface area is 174 Å². The van der Waals surface area contributed by atoms with Crippen LogP contribution in [-0.4, -0.2) is 25.5 Å². The lowest BCUT2D eigenvalue weighted by Gasteiger charge is -2.17. The van der Waals surface area contributed by atoms with E-state index in [9.17, 15) is 9.59 Å². The number of hydrogen-bond acceptors (Lipinski definition) is 3. The largest absolute Gasteiger partial charge is 0.484 e. The van der Waals surface area contributed by atoms with E-state index in [-0.39, 0.29) is 18.4 Å². The number of carbonyl (C=O) groups is 2. The van der Waals surface area contributed by atoms with Crippen molar-refractivity contribution in [2.75, 3.05) is 23.9 Å². The molecule has 3 aromatic carbocycles. The van der Waals surface area contributed by atoms with E-state index in [2.05, 4.69) is 5.32 Å². The Morgan fingerprint density at radius 2 is 1.69 bits per heavy atom. The second-order valence-corrected chi connectivity index (χ2v) is 6.93. The van der Waals surface area contributed by atoms with Gasteiger partial charge in [-0.2, -0.15) is 0 Å². The zero-order chi connectivity index (χ0) is 20.8. The Bertz CT molecular complexity index is 1000. The maximum atomic E-state index is 12.6. The molecule has 0 unspecified atom stereocenters. The van der Waals surface area contributed by atoms with Crippen molar-refractivity contribution < 1.29 is 14.3 Å². The maximum Gasteiger partial charge on any atom is 0.262 e. The van der Waals surface area contributed by atoms with Crippen molar-refractivity contribution in [2.45, 2.75) is 6.92 Å². The molecule has 0 saturated carbocycles. The van der Waals surface area contributed by atoms with Gasteiger partial charge in [0.1, 0.15) is 5.75 Å². The maximum absolute atomic E-state index is 12.6. The van der Waals surface area contributed by atoms with Gasteiger partial charge in [0.25, 0.3) is 11.8 Å². The van der Waals surface area contributed by atoms with Crippen molar-refractivity contribution in [3.8, 4) is 5.75 Å². The predicted molar refractivity (Wildman–Crippen MR) is 116 cm³/mol. The van der Waals surface area contributed by atoms with Crippen molar-refractivity contribution in [2.24, 2.45) is 0 Å². The van der Waals surface area contributed by atoms with Crippen LogP contribution in [0.4, 0.5) is 11.4 Å². The molecule has 0 aliphatic rings. The molecule has 0 heterocycles. The zero-order valence-electron chi connectivity index (χ0n) is 16.2. The van der Waals surface area contributed by atoms with Crippen LogP contribution in [0.25, 0.3) is 0 Å². The summed E-state index contributed by atoms with van der Waals surface area (Å²) in [5.74, 6) is 0.153. The Morgan fingerprint density at radius 1 is 1.00 bits per heavy atom. The van der Waals surface area contributed by atoms with E-state index in [1.54, 1.807) is 54.4 Å². The van der Waals surface area contributed by atoms with Gasteiger partial charge in [0.2, 0.25) is 0 Å². The molecule has 3 aromatic rings. The molecule has 5 nitrogen and oxygen atoms in total. The van der Waals surface area contributed by atoms with Crippen LogP contribution in [0.2, 0.25) is 5.02 Å². The van der Waals surface area contributed by atoms with E-state index >= 15 is 0 Å². The van der Waals surface area contributed by atoms with Crippen LogP contribution in [0.3, 0.4) is 0 Å². The number of amides is 2. The number of rotatable bonds is 6. The van der Waals surface area contributed by atoms with Crippen molar-refractivity contribution >= 4 is 34.8 Å². The van der Waals surface area contributed by atoms with Gasteiger partial charge >= 0.3 is 0 Å². The first-order valence-corrected chi connectivity index (χ1v) is 9.44. The summed E-state index contributed by atoms with van der Waals surface area (Å²) in [6.45, 7) is 1.74. The first-order valence-electron chi connectivity index (χ1n) is 9.06. The van der Waals surface area contributed by atoms with Gasteiger partial charge in [-0.05, 0) is 67.1 Å². The zero-order valence-corrected chi connectivity index (χ0v) is 16.9. The summed E-state index contributed by atoms with van der Waals surface area (Å²) in [6, 6.07) is 21.4. The van der Waals surface area contributed by atoms with Crippen LogP contribution in [0.5, 0.6) is 5.75 Å². The SMILES string of the molecule is Cc1cc(OCC(=O)Nc2ccc(C(=O)N(C)c3ccccc3)cc2)ccc1Cl. The second kappa shape index (κ2) is 9.26. The van der Waals surface area contributed by atoms with E-state index in [1.807, 2.05) is 37.3 Å². The second-order valence-electron chi connectivity index (χ2n) is 6.52. The molecule has 29 heavy (non-hydrogen) atoms. The summed E-state index contributed by atoms with van der Waals surface area (Å²) in [6.07, 6.45) is 0. The predicted octanol–water partition coefficient (Wildman–Crippen LogP) is 4.94. The number of ether oxygens (including phenoxy) is 1. The normalized spacial score (nSPS) is 10.3. The molecule has 0 aromatic heterocycles. The number of halogens is 1. The number of nitrogens with one attached hydrogen (secondary N) is 1. The van der Waals surface area contributed by atoms with Gasteiger partial charge < -0.3 is 15.0 Å². The lowest BCUT2D eigenvalue weighted by atomic mass is 10.1. The fourth-order valence-electron chi connectivity index (χ4n) is 2.71. The minimum atomic E-state index is -0.293. The number of para-hydroxylation sites is 1. The third kappa shape index (κ3) is 5.36.